The smallest absolute Gasteiger partial charge is 0.230 e. The predicted molar refractivity (Wildman–Crippen MR) is 95.9 cm³/mol. The Morgan fingerprint density at radius 3 is 2.61 bits per heavy atom. The molecule has 23 heavy (non-hydrogen) atoms. The van der Waals surface area contributed by atoms with Crippen LogP contribution in [0.2, 0.25) is 0 Å². The summed E-state index contributed by atoms with van der Waals surface area (Å²) in [5.41, 5.74) is 5.87. The Morgan fingerprint density at radius 2 is 2.00 bits per heavy atom. The highest BCUT2D eigenvalue weighted by Crippen LogP contribution is 2.26. The van der Waals surface area contributed by atoms with E-state index >= 15 is 0 Å². The first kappa shape index (κ1) is 18.1. The molecule has 0 saturated heterocycles. The third-order valence-corrected chi connectivity index (χ3v) is 5.34. The SMILES string of the molecule is CCOc1ccc(SCC(=O)NC(CN)C2CCCCC2)cc1. The number of thioether (sulfide) groups is 1. The van der Waals surface area contributed by atoms with Gasteiger partial charge in [-0.15, -0.1) is 11.8 Å². The molecule has 4 nitrogen and oxygen atoms in total. The summed E-state index contributed by atoms with van der Waals surface area (Å²) in [7, 11) is 0. The summed E-state index contributed by atoms with van der Waals surface area (Å²) in [6, 6.07) is 7.99. The molecule has 0 bridgehead atoms. The molecule has 1 amide bonds. The van der Waals surface area contributed by atoms with Crippen molar-refractivity contribution in [3.8, 4) is 5.75 Å². The third kappa shape index (κ3) is 6.07. The molecule has 1 saturated carbocycles. The molecular weight excluding hydrogens is 308 g/mol. The Hall–Kier alpha value is -1.20. The molecule has 1 aliphatic carbocycles. The zero-order valence-corrected chi connectivity index (χ0v) is 14.7. The van der Waals surface area contributed by atoms with Gasteiger partial charge in [0.2, 0.25) is 5.91 Å². The van der Waals surface area contributed by atoms with Gasteiger partial charge in [-0.25, -0.2) is 0 Å². The molecule has 0 heterocycles. The topological polar surface area (TPSA) is 64.3 Å². The minimum atomic E-state index is 0.0740. The molecule has 0 aliphatic heterocycles. The molecule has 1 aromatic rings. The van der Waals surface area contributed by atoms with Crippen LogP contribution in [0.4, 0.5) is 0 Å². The number of ether oxygens (including phenoxy) is 1. The first-order chi connectivity index (χ1) is 11.2. The zero-order chi connectivity index (χ0) is 16.5. The van der Waals surface area contributed by atoms with Gasteiger partial charge in [0.1, 0.15) is 5.75 Å². The van der Waals surface area contributed by atoms with Crippen molar-refractivity contribution in [1.82, 2.24) is 5.32 Å². The van der Waals surface area contributed by atoms with E-state index in [1.807, 2.05) is 31.2 Å². The second-order valence-electron chi connectivity index (χ2n) is 6.00. The lowest BCUT2D eigenvalue weighted by molar-refractivity contribution is -0.119. The molecule has 5 heteroatoms. The van der Waals surface area contributed by atoms with E-state index in [2.05, 4.69) is 5.32 Å². The lowest BCUT2D eigenvalue weighted by atomic mass is 9.84. The monoisotopic (exact) mass is 336 g/mol. The Morgan fingerprint density at radius 1 is 1.30 bits per heavy atom. The number of benzene rings is 1. The fourth-order valence-corrected chi connectivity index (χ4v) is 3.81. The summed E-state index contributed by atoms with van der Waals surface area (Å²) in [5, 5.41) is 3.13. The maximum atomic E-state index is 12.2. The fourth-order valence-electron chi connectivity index (χ4n) is 3.10. The maximum absolute atomic E-state index is 12.2. The van der Waals surface area contributed by atoms with Crippen molar-refractivity contribution in [2.75, 3.05) is 18.9 Å². The molecule has 1 aromatic carbocycles. The fraction of sp³-hybridized carbons (Fsp3) is 0.611. The number of amides is 1. The standard InChI is InChI=1S/C18H28N2O2S/c1-2-22-15-8-10-16(11-9-15)23-13-18(21)20-17(12-19)14-6-4-3-5-7-14/h8-11,14,17H,2-7,12-13,19H2,1H3,(H,20,21). The van der Waals surface area contributed by atoms with Crippen molar-refractivity contribution in [1.29, 1.82) is 0 Å². The van der Waals surface area contributed by atoms with Crippen molar-refractivity contribution >= 4 is 17.7 Å². The van der Waals surface area contributed by atoms with Gasteiger partial charge in [0, 0.05) is 17.5 Å². The number of hydrogen-bond donors (Lipinski definition) is 2. The highest BCUT2D eigenvalue weighted by Gasteiger charge is 2.23. The lowest BCUT2D eigenvalue weighted by Crippen LogP contribution is -2.46. The summed E-state index contributed by atoms with van der Waals surface area (Å²) >= 11 is 1.55. The Balaban J connectivity index is 1.76. The quantitative estimate of drug-likeness (QED) is 0.716. The van der Waals surface area contributed by atoms with Gasteiger partial charge in [-0.2, -0.15) is 0 Å². The first-order valence-electron chi connectivity index (χ1n) is 8.58. The van der Waals surface area contributed by atoms with Crippen LogP contribution in [-0.4, -0.2) is 30.9 Å². The highest BCUT2D eigenvalue weighted by molar-refractivity contribution is 8.00. The second kappa shape index (κ2) is 9.83. The minimum absolute atomic E-state index is 0.0740. The van der Waals surface area contributed by atoms with Gasteiger partial charge >= 0.3 is 0 Å². The van der Waals surface area contributed by atoms with Gasteiger partial charge in [-0.1, -0.05) is 19.3 Å². The maximum Gasteiger partial charge on any atom is 0.230 e. The molecule has 128 valence electrons. The van der Waals surface area contributed by atoms with Crippen LogP contribution in [0.15, 0.2) is 29.2 Å². The van der Waals surface area contributed by atoms with E-state index in [9.17, 15) is 4.79 Å². The normalized spacial score (nSPS) is 16.8. The third-order valence-electron chi connectivity index (χ3n) is 4.32. The number of rotatable bonds is 8. The highest BCUT2D eigenvalue weighted by atomic mass is 32.2. The van der Waals surface area contributed by atoms with E-state index in [4.69, 9.17) is 10.5 Å². The second-order valence-corrected chi connectivity index (χ2v) is 7.05. The van der Waals surface area contributed by atoms with Gasteiger partial charge in [0.15, 0.2) is 0 Å². The number of nitrogens with two attached hydrogens (primary N) is 1. The predicted octanol–water partition coefficient (Wildman–Crippen LogP) is 3.20. The van der Waals surface area contributed by atoms with Gasteiger partial charge < -0.3 is 15.8 Å². The van der Waals surface area contributed by atoms with E-state index in [0.29, 0.717) is 24.8 Å². The number of carbonyl (C=O) groups excluding carboxylic acids is 1. The number of nitrogens with one attached hydrogen (secondary N) is 1. The van der Waals surface area contributed by atoms with Crippen molar-refractivity contribution < 1.29 is 9.53 Å². The molecule has 1 aliphatic rings. The van der Waals surface area contributed by atoms with Gasteiger partial charge in [0.25, 0.3) is 0 Å². The van der Waals surface area contributed by atoms with Gasteiger partial charge in [0.05, 0.1) is 12.4 Å². The average Bonchev–Trinajstić information content (AvgIpc) is 2.60. The molecule has 2 rings (SSSR count). The average molecular weight is 337 g/mol. The largest absolute Gasteiger partial charge is 0.494 e. The van der Waals surface area contributed by atoms with Crippen LogP contribution in [0.5, 0.6) is 5.75 Å². The molecule has 1 unspecified atom stereocenters. The zero-order valence-electron chi connectivity index (χ0n) is 13.9. The van der Waals surface area contributed by atoms with Gasteiger partial charge in [-0.05, 0) is 49.9 Å². The van der Waals surface area contributed by atoms with Crippen LogP contribution in [0, 0.1) is 5.92 Å². The summed E-state index contributed by atoms with van der Waals surface area (Å²) in [5.74, 6) is 1.91. The molecule has 0 spiro atoms. The Bertz CT molecular complexity index is 472. The molecule has 1 fully saturated rings. The van der Waals surface area contributed by atoms with E-state index in [-0.39, 0.29) is 11.9 Å². The molecule has 3 N–H and O–H groups in total. The van der Waals surface area contributed by atoms with Crippen LogP contribution >= 0.6 is 11.8 Å². The minimum Gasteiger partial charge on any atom is -0.494 e. The summed E-state index contributed by atoms with van der Waals surface area (Å²) in [4.78, 5) is 13.3. The first-order valence-corrected chi connectivity index (χ1v) is 9.56. The van der Waals surface area contributed by atoms with E-state index < -0.39 is 0 Å². The van der Waals surface area contributed by atoms with E-state index in [1.54, 1.807) is 11.8 Å². The van der Waals surface area contributed by atoms with E-state index in [0.717, 1.165) is 10.6 Å². The number of carbonyl (C=O) groups is 1. The lowest BCUT2D eigenvalue weighted by Gasteiger charge is -2.30. The van der Waals surface area contributed by atoms with Crippen LogP contribution in [0.3, 0.4) is 0 Å². The summed E-state index contributed by atoms with van der Waals surface area (Å²) in [6.07, 6.45) is 6.22. The molecular formula is C18H28N2O2S. The van der Waals surface area contributed by atoms with Crippen molar-refractivity contribution in [3.63, 3.8) is 0 Å². The Labute approximate surface area is 143 Å². The Kier molecular flexibility index (Phi) is 7.76. The van der Waals surface area contributed by atoms with Crippen molar-refractivity contribution in [2.24, 2.45) is 11.7 Å². The van der Waals surface area contributed by atoms with Crippen LogP contribution in [-0.2, 0) is 4.79 Å². The summed E-state index contributed by atoms with van der Waals surface area (Å²) in [6.45, 7) is 3.16. The number of hydrogen-bond acceptors (Lipinski definition) is 4. The molecule has 0 aromatic heterocycles. The van der Waals surface area contributed by atoms with Crippen molar-refractivity contribution in [2.45, 2.75) is 50.0 Å². The van der Waals surface area contributed by atoms with Crippen LogP contribution in [0.1, 0.15) is 39.0 Å². The van der Waals surface area contributed by atoms with Crippen LogP contribution < -0.4 is 15.8 Å². The van der Waals surface area contributed by atoms with Crippen LogP contribution in [0.25, 0.3) is 0 Å². The molecule has 1 atom stereocenters. The summed E-state index contributed by atoms with van der Waals surface area (Å²) < 4.78 is 5.42. The van der Waals surface area contributed by atoms with E-state index in [1.165, 1.54) is 32.1 Å². The van der Waals surface area contributed by atoms with Gasteiger partial charge in [-0.3, -0.25) is 4.79 Å². The van der Waals surface area contributed by atoms with Crippen molar-refractivity contribution in [3.05, 3.63) is 24.3 Å². The molecule has 0 radical (unpaired) electrons.